The lowest BCUT2D eigenvalue weighted by molar-refractivity contribution is -0.158. The zero-order chi connectivity index (χ0) is 24.8. The second-order valence-corrected chi connectivity index (χ2v) is 10.0. The van der Waals surface area contributed by atoms with E-state index in [2.05, 4.69) is 0 Å². The van der Waals surface area contributed by atoms with Crippen LogP contribution < -0.4 is 28.4 Å². The van der Waals surface area contributed by atoms with Crippen molar-refractivity contribution in [3.05, 3.63) is 35.4 Å². The molecule has 0 radical (unpaired) electrons. The normalized spacial score (nSPS) is 18.1. The highest BCUT2D eigenvalue weighted by Crippen LogP contribution is 2.58. The predicted octanol–water partition coefficient (Wildman–Crippen LogP) is 5.24. The summed E-state index contributed by atoms with van der Waals surface area (Å²) in [5, 5.41) is 0.223. The first-order valence-electron chi connectivity index (χ1n) is 10.5. The van der Waals surface area contributed by atoms with E-state index in [9.17, 15) is 4.79 Å². The Morgan fingerprint density at radius 3 is 1.79 bits per heavy atom. The lowest BCUT2D eigenvalue weighted by Crippen LogP contribution is -2.19. The smallest absolute Gasteiger partial charge is 0.305 e. The Labute approximate surface area is 208 Å². The summed E-state index contributed by atoms with van der Waals surface area (Å²) in [6, 6.07) is 7.86. The van der Waals surface area contributed by atoms with Gasteiger partial charge in [-0.15, -0.1) is 23.5 Å². The third kappa shape index (κ3) is 5.72. The van der Waals surface area contributed by atoms with Crippen LogP contribution in [0.4, 0.5) is 0 Å². The van der Waals surface area contributed by atoms with Gasteiger partial charge in [-0.05, 0) is 35.4 Å². The number of carbonyl (C=O) groups is 1. The first kappa shape index (κ1) is 26.0. The average molecular weight is 511 g/mol. The van der Waals surface area contributed by atoms with Crippen molar-refractivity contribution in [1.82, 2.24) is 0 Å². The van der Waals surface area contributed by atoms with Gasteiger partial charge in [-0.25, -0.2) is 0 Å². The Morgan fingerprint density at radius 2 is 1.32 bits per heavy atom. The van der Waals surface area contributed by atoms with Crippen LogP contribution in [0.2, 0.25) is 0 Å². The van der Waals surface area contributed by atoms with Crippen LogP contribution in [0.3, 0.4) is 0 Å². The minimum atomic E-state index is -0.786. The standard InChI is InChI=1S/C24H30O8S2/c1-13(25)31-14(2)32-23-19(28-5)10-16(11-20(23)29-6)24-33-12-21(34-24)15-8-17(26-3)22(30-7)18(9-15)27-4/h8-11,14,21,24H,12H2,1-7H3. The number of hydrogen-bond donors (Lipinski definition) is 0. The first-order valence-corrected chi connectivity index (χ1v) is 12.5. The third-order valence-electron chi connectivity index (χ3n) is 5.12. The average Bonchev–Trinajstić information content (AvgIpc) is 3.32. The van der Waals surface area contributed by atoms with Gasteiger partial charge < -0.3 is 33.2 Å². The molecule has 1 saturated heterocycles. The van der Waals surface area contributed by atoms with Crippen molar-refractivity contribution >= 4 is 29.5 Å². The minimum absolute atomic E-state index is 0.145. The molecule has 1 fully saturated rings. The number of methoxy groups -OCH3 is 5. The topological polar surface area (TPSA) is 81.7 Å². The summed E-state index contributed by atoms with van der Waals surface area (Å²) in [7, 11) is 7.96. The molecule has 8 nitrogen and oxygen atoms in total. The molecule has 2 aromatic rings. The summed E-state index contributed by atoms with van der Waals surface area (Å²) in [5.74, 6) is 3.72. The number of hydrogen-bond acceptors (Lipinski definition) is 10. The molecule has 3 unspecified atom stereocenters. The van der Waals surface area contributed by atoms with Gasteiger partial charge in [0.15, 0.2) is 23.0 Å². The molecule has 10 heteroatoms. The molecular weight excluding hydrogens is 480 g/mol. The summed E-state index contributed by atoms with van der Waals surface area (Å²) < 4.78 is 38.7. The van der Waals surface area contributed by atoms with E-state index in [1.54, 1.807) is 42.5 Å². The van der Waals surface area contributed by atoms with Crippen LogP contribution in [0.15, 0.2) is 24.3 Å². The molecule has 0 amide bonds. The van der Waals surface area contributed by atoms with E-state index in [0.717, 1.165) is 16.9 Å². The Kier molecular flexibility index (Phi) is 8.96. The molecule has 0 aliphatic carbocycles. The molecule has 2 aromatic carbocycles. The van der Waals surface area contributed by atoms with Crippen molar-refractivity contribution in [3.8, 4) is 34.5 Å². The Morgan fingerprint density at radius 1 is 0.824 bits per heavy atom. The van der Waals surface area contributed by atoms with Crippen molar-refractivity contribution in [2.75, 3.05) is 41.3 Å². The van der Waals surface area contributed by atoms with Crippen LogP contribution in [0.1, 0.15) is 34.8 Å². The zero-order valence-electron chi connectivity index (χ0n) is 20.3. The molecule has 0 bridgehead atoms. The third-order valence-corrected chi connectivity index (χ3v) is 8.46. The van der Waals surface area contributed by atoms with E-state index in [-0.39, 0.29) is 9.83 Å². The van der Waals surface area contributed by atoms with Crippen LogP contribution in [0, 0.1) is 0 Å². The highest BCUT2D eigenvalue weighted by Gasteiger charge is 2.32. The van der Waals surface area contributed by atoms with Gasteiger partial charge in [-0.2, -0.15) is 0 Å². The van der Waals surface area contributed by atoms with Gasteiger partial charge >= 0.3 is 5.97 Å². The lowest BCUT2D eigenvalue weighted by Gasteiger charge is -2.21. The van der Waals surface area contributed by atoms with E-state index >= 15 is 0 Å². The minimum Gasteiger partial charge on any atom is -0.493 e. The Bertz CT molecular complexity index is 962. The van der Waals surface area contributed by atoms with Crippen molar-refractivity contribution < 1.29 is 38.0 Å². The molecule has 34 heavy (non-hydrogen) atoms. The number of carbonyl (C=O) groups excluding carboxylic acids is 1. The van der Waals surface area contributed by atoms with Gasteiger partial charge in [-0.3, -0.25) is 4.79 Å². The van der Waals surface area contributed by atoms with Crippen molar-refractivity contribution in [2.45, 2.75) is 30.0 Å². The molecule has 0 saturated carbocycles. The fraction of sp³-hybridized carbons (Fsp3) is 0.458. The van der Waals surface area contributed by atoms with E-state index in [1.807, 2.05) is 47.8 Å². The van der Waals surface area contributed by atoms with Crippen molar-refractivity contribution in [1.29, 1.82) is 0 Å². The van der Waals surface area contributed by atoms with Crippen LogP contribution >= 0.6 is 23.5 Å². The molecule has 1 heterocycles. The second-order valence-electron chi connectivity index (χ2n) is 7.30. The summed E-state index contributed by atoms with van der Waals surface area (Å²) in [6.45, 7) is 2.97. The maximum absolute atomic E-state index is 11.3. The fourth-order valence-corrected chi connectivity index (χ4v) is 6.87. The van der Waals surface area contributed by atoms with Crippen molar-refractivity contribution in [2.24, 2.45) is 0 Å². The Hall–Kier alpha value is -2.59. The number of ether oxygens (including phenoxy) is 7. The van der Waals surface area contributed by atoms with E-state index < -0.39 is 12.3 Å². The number of thioether (sulfide) groups is 2. The molecule has 3 atom stereocenters. The van der Waals surface area contributed by atoms with Crippen molar-refractivity contribution in [3.63, 3.8) is 0 Å². The van der Waals surface area contributed by atoms with Crippen LogP contribution in [0.5, 0.6) is 34.5 Å². The quantitative estimate of drug-likeness (QED) is 0.313. The van der Waals surface area contributed by atoms with Gasteiger partial charge in [0.25, 0.3) is 0 Å². The largest absolute Gasteiger partial charge is 0.493 e. The first-order chi connectivity index (χ1) is 16.3. The van der Waals surface area contributed by atoms with E-state index in [0.29, 0.717) is 34.5 Å². The SMILES string of the molecule is COc1cc(C2CSC(c3cc(OC)c(OC(C)OC(C)=O)c(OC)c3)S2)cc(OC)c1OC. The summed E-state index contributed by atoms with van der Waals surface area (Å²) in [4.78, 5) is 11.3. The monoisotopic (exact) mass is 510 g/mol. The van der Waals surface area contributed by atoms with Crippen LogP contribution in [-0.2, 0) is 9.53 Å². The molecular formula is C24H30O8S2. The summed E-state index contributed by atoms with van der Waals surface area (Å²) in [5.41, 5.74) is 2.13. The van der Waals surface area contributed by atoms with Crippen LogP contribution in [0.25, 0.3) is 0 Å². The molecule has 0 spiro atoms. The number of benzene rings is 2. The lowest BCUT2D eigenvalue weighted by atomic mass is 10.1. The van der Waals surface area contributed by atoms with Gasteiger partial charge in [0.05, 0.1) is 40.1 Å². The number of esters is 1. The maximum Gasteiger partial charge on any atom is 0.305 e. The molecule has 1 aliphatic rings. The maximum atomic E-state index is 11.3. The molecule has 0 N–H and O–H groups in total. The second kappa shape index (κ2) is 11.7. The highest BCUT2D eigenvalue weighted by atomic mass is 32.2. The fourth-order valence-electron chi connectivity index (χ4n) is 3.62. The summed E-state index contributed by atoms with van der Waals surface area (Å²) in [6.07, 6.45) is -0.786. The van der Waals surface area contributed by atoms with Crippen LogP contribution in [-0.4, -0.2) is 53.6 Å². The molecule has 3 rings (SSSR count). The summed E-state index contributed by atoms with van der Waals surface area (Å²) >= 11 is 3.66. The number of rotatable bonds is 10. The molecule has 0 aromatic heterocycles. The Balaban J connectivity index is 1.86. The highest BCUT2D eigenvalue weighted by molar-refractivity contribution is 8.19. The van der Waals surface area contributed by atoms with E-state index in [4.69, 9.17) is 33.2 Å². The zero-order valence-corrected chi connectivity index (χ0v) is 22.0. The van der Waals surface area contributed by atoms with Gasteiger partial charge in [0.1, 0.15) is 0 Å². The molecule has 186 valence electrons. The molecule has 1 aliphatic heterocycles. The van der Waals surface area contributed by atoms with Gasteiger partial charge in [0, 0.05) is 24.9 Å². The van der Waals surface area contributed by atoms with E-state index in [1.165, 1.54) is 6.92 Å². The van der Waals surface area contributed by atoms with Gasteiger partial charge in [0.2, 0.25) is 17.8 Å². The van der Waals surface area contributed by atoms with Gasteiger partial charge in [-0.1, -0.05) is 0 Å². The predicted molar refractivity (Wildman–Crippen MR) is 133 cm³/mol.